The number of amides is 1. The lowest BCUT2D eigenvalue weighted by atomic mass is 10.0. The van der Waals surface area contributed by atoms with Gasteiger partial charge in [-0.25, -0.2) is 0 Å². The lowest BCUT2D eigenvalue weighted by Gasteiger charge is -2.13. The normalized spacial score (nSPS) is 12.8. The first-order chi connectivity index (χ1) is 9.59. The van der Waals surface area contributed by atoms with E-state index in [0.29, 0.717) is 4.47 Å². The molecule has 0 spiro atoms. The smallest absolute Gasteiger partial charge is 0.416 e. The summed E-state index contributed by atoms with van der Waals surface area (Å²) in [6.45, 7) is 1.58. The molecule has 0 radical (unpaired) electrons. The molecule has 1 amide bonds. The van der Waals surface area contributed by atoms with Crippen molar-refractivity contribution in [1.29, 1.82) is 0 Å². The molecule has 8 heteroatoms. The largest absolute Gasteiger partial charge is 0.481 e. The third-order valence-electron chi connectivity index (χ3n) is 2.62. The lowest BCUT2D eigenvalue weighted by molar-refractivity contribution is -0.138. The first-order valence-corrected chi connectivity index (χ1v) is 6.77. The number of anilines is 1. The number of alkyl halides is 3. The van der Waals surface area contributed by atoms with Crippen molar-refractivity contribution in [2.75, 3.05) is 5.32 Å². The second kappa shape index (κ2) is 6.93. The summed E-state index contributed by atoms with van der Waals surface area (Å²) in [4.78, 5) is 22.2. The number of carbonyl (C=O) groups excluding carboxylic acids is 1. The number of carboxylic acids is 1. The first-order valence-electron chi connectivity index (χ1n) is 5.98. The van der Waals surface area contributed by atoms with Gasteiger partial charge in [0.05, 0.1) is 11.3 Å². The SMILES string of the molecule is CC(CC(=O)O)CC(=O)Nc1cc(C(F)(F)F)ccc1Br. The van der Waals surface area contributed by atoms with Gasteiger partial charge in [-0.1, -0.05) is 6.92 Å². The van der Waals surface area contributed by atoms with Crippen molar-refractivity contribution in [3.63, 3.8) is 0 Å². The van der Waals surface area contributed by atoms with Crippen molar-refractivity contribution < 1.29 is 27.9 Å². The summed E-state index contributed by atoms with van der Waals surface area (Å²) in [5.41, 5.74) is -0.878. The van der Waals surface area contributed by atoms with E-state index in [1.807, 2.05) is 0 Å². The van der Waals surface area contributed by atoms with Crippen LogP contribution in [0.25, 0.3) is 0 Å². The summed E-state index contributed by atoms with van der Waals surface area (Å²) >= 11 is 3.06. The minimum atomic E-state index is -4.50. The fourth-order valence-corrected chi connectivity index (χ4v) is 2.03. The van der Waals surface area contributed by atoms with E-state index >= 15 is 0 Å². The molecule has 21 heavy (non-hydrogen) atoms. The van der Waals surface area contributed by atoms with Crippen LogP contribution in [0.2, 0.25) is 0 Å². The van der Waals surface area contributed by atoms with Crippen LogP contribution in [0, 0.1) is 5.92 Å². The number of benzene rings is 1. The number of carbonyl (C=O) groups is 2. The van der Waals surface area contributed by atoms with E-state index in [1.54, 1.807) is 6.92 Å². The minimum absolute atomic E-state index is 0.00245. The molecule has 0 aliphatic heterocycles. The van der Waals surface area contributed by atoms with Crippen molar-refractivity contribution in [1.82, 2.24) is 0 Å². The van der Waals surface area contributed by atoms with Gasteiger partial charge in [0.15, 0.2) is 0 Å². The first kappa shape index (κ1) is 17.5. The quantitative estimate of drug-likeness (QED) is 0.828. The Morgan fingerprint density at radius 2 is 1.95 bits per heavy atom. The average Bonchev–Trinajstić information content (AvgIpc) is 2.28. The van der Waals surface area contributed by atoms with Crippen LogP contribution in [0.3, 0.4) is 0 Å². The number of carboxylic acid groups (broad SMARTS) is 1. The van der Waals surface area contributed by atoms with Crippen LogP contribution in [0.1, 0.15) is 25.3 Å². The maximum atomic E-state index is 12.6. The van der Waals surface area contributed by atoms with Crippen LogP contribution in [0.4, 0.5) is 18.9 Å². The average molecular weight is 368 g/mol. The van der Waals surface area contributed by atoms with Crippen LogP contribution in [0.15, 0.2) is 22.7 Å². The maximum Gasteiger partial charge on any atom is 0.416 e. The van der Waals surface area contributed by atoms with Gasteiger partial charge in [-0.05, 0) is 40.0 Å². The summed E-state index contributed by atoms with van der Waals surface area (Å²) in [7, 11) is 0. The second-order valence-electron chi connectivity index (χ2n) is 4.65. The standard InChI is InChI=1S/C13H13BrF3NO3/c1-7(5-12(20)21)4-11(19)18-10-6-8(13(15,16)17)2-3-9(10)14/h2-3,6-7H,4-5H2,1H3,(H,18,19)(H,20,21). The van der Waals surface area contributed by atoms with Gasteiger partial charge in [-0.15, -0.1) is 0 Å². The van der Waals surface area contributed by atoms with Gasteiger partial charge in [0.25, 0.3) is 0 Å². The molecule has 0 aliphatic carbocycles. The number of rotatable bonds is 5. The Morgan fingerprint density at radius 1 is 1.33 bits per heavy atom. The molecule has 1 aromatic carbocycles. The highest BCUT2D eigenvalue weighted by Gasteiger charge is 2.31. The zero-order chi connectivity index (χ0) is 16.2. The molecule has 0 fully saturated rings. The Hall–Kier alpha value is -1.57. The number of aliphatic carboxylic acids is 1. The zero-order valence-electron chi connectivity index (χ0n) is 11.0. The van der Waals surface area contributed by atoms with Gasteiger partial charge in [0.1, 0.15) is 0 Å². The third-order valence-corrected chi connectivity index (χ3v) is 3.32. The molecule has 116 valence electrons. The Kier molecular flexibility index (Phi) is 5.77. The monoisotopic (exact) mass is 367 g/mol. The van der Waals surface area contributed by atoms with Crippen molar-refractivity contribution >= 4 is 33.5 Å². The van der Waals surface area contributed by atoms with E-state index in [0.717, 1.165) is 12.1 Å². The van der Waals surface area contributed by atoms with Crippen LogP contribution in [0.5, 0.6) is 0 Å². The number of nitrogens with one attached hydrogen (secondary N) is 1. The number of halogens is 4. The van der Waals surface area contributed by atoms with Crippen LogP contribution in [-0.4, -0.2) is 17.0 Å². The Balaban J connectivity index is 2.78. The van der Waals surface area contributed by atoms with Crippen molar-refractivity contribution in [2.45, 2.75) is 25.9 Å². The molecule has 0 saturated carbocycles. The summed E-state index contributed by atoms with van der Waals surface area (Å²) in [5.74, 6) is -1.98. The minimum Gasteiger partial charge on any atom is -0.481 e. The van der Waals surface area contributed by atoms with Crippen molar-refractivity contribution in [2.24, 2.45) is 5.92 Å². The van der Waals surface area contributed by atoms with Crippen molar-refractivity contribution in [3.05, 3.63) is 28.2 Å². The molecule has 1 unspecified atom stereocenters. The lowest BCUT2D eigenvalue weighted by Crippen LogP contribution is -2.17. The summed E-state index contributed by atoms with van der Waals surface area (Å²) in [5, 5.41) is 10.9. The summed E-state index contributed by atoms with van der Waals surface area (Å²) in [6.07, 6.45) is -4.77. The summed E-state index contributed by atoms with van der Waals surface area (Å²) in [6, 6.07) is 2.91. The van der Waals surface area contributed by atoms with Gasteiger partial charge >= 0.3 is 12.1 Å². The van der Waals surface area contributed by atoms with E-state index in [4.69, 9.17) is 5.11 Å². The molecule has 1 rings (SSSR count). The fourth-order valence-electron chi connectivity index (χ4n) is 1.69. The van der Waals surface area contributed by atoms with E-state index in [9.17, 15) is 22.8 Å². The summed E-state index contributed by atoms with van der Waals surface area (Å²) < 4.78 is 38.1. The van der Waals surface area contributed by atoms with Gasteiger partial charge in [0.2, 0.25) is 5.91 Å². The highest BCUT2D eigenvalue weighted by atomic mass is 79.9. The van der Waals surface area contributed by atoms with Gasteiger partial charge in [0, 0.05) is 17.3 Å². The Morgan fingerprint density at radius 3 is 2.48 bits per heavy atom. The highest BCUT2D eigenvalue weighted by Crippen LogP contribution is 2.34. The molecular formula is C13H13BrF3NO3. The fraction of sp³-hybridized carbons (Fsp3) is 0.385. The molecule has 0 heterocycles. The molecule has 2 N–H and O–H groups in total. The van der Waals surface area contributed by atoms with E-state index in [2.05, 4.69) is 21.2 Å². The molecule has 0 aliphatic rings. The Labute approximate surface area is 127 Å². The van der Waals surface area contributed by atoms with Gasteiger partial charge in [-0.2, -0.15) is 13.2 Å². The van der Waals surface area contributed by atoms with E-state index in [1.165, 1.54) is 6.07 Å². The number of hydrogen-bond donors (Lipinski definition) is 2. The maximum absolute atomic E-state index is 12.6. The van der Waals surface area contributed by atoms with Crippen LogP contribution in [-0.2, 0) is 15.8 Å². The predicted molar refractivity (Wildman–Crippen MR) is 73.8 cm³/mol. The molecular weight excluding hydrogens is 355 g/mol. The third kappa shape index (κ3) is 5.74. The zero-order valence-corrected chi connectivity index (χ0v) is 12.6. The van der Waals surface area contributed by atoms with E-state index < -0.39 is 29.5 Å². The van der Waals surface area contributed by atoms with Crippen LogP contribution >= 0.6 is 15.9 Å². The molecule has 0 saturated heterocycles. The number of hydrogen-bond acceptors (Lipinski definition) is 2. The topological polar surface area (TPSA) is 66.4 Å². The van der Waals surface area contributed by atoms with Gasteiger partial charge in [-0.3, -0.25) is 9.59 Å². The van der Waals surface area contributed by atoms with Crippen molar-refractivity contribution in [3.8, 4) is 0 Å². The molecule has 4 nitrogen and oxygen atoms in total. The molecule has 0 bridgehead atoms. The highest BCUT2D eigenvalue weighted by molar-refractivity contribution is 9.10. The predicted octanol–water partition coefficient (Wildman–Crippen LogP) is 3.91. The van der Waals surface area contributed by atoms with Gasteiger partial charge < -0.3 is 10.4 Å². The van der Waals surface area contributed by atoms with E-state index in [-0.39, 0.29) is 18.5 Å². The molecule has 0 aromatic heterocycles. The second-order valence-corrected chi connectivity index (χ2v) is 5.50. The Bertz CT molecular complexity index is 546. The van der Waals surface area contributed by atoms with Crippen LogP contribution < -0.4 is 5.32 Å². The molecule has 1 aromatic rings. The molecule has 1 atom stereocenters.